The normalized spacial score (nSPS) is 12.1. The van der Waals surface area contributed by atoms with Gasteiger partial charge < -0.3 is 16.4 Å². The minimum atomic E-state index is -0.152. The van der Waals surface area contributed by atoms with Crippen LogP contribution in [0.25, 0.3) is 0 Å². The Morgan fingerprint density at radius 1 is 1.30 bits per heavy atom. The summed E-state index contributed by atoms with van der Waals surface area (Å²) in [5.74, 6) is 0.00673. The number of hydrogen-bond donors (Lipinski definition) is 3. The molecule has 4 N–H and O–H groups in total. The number of amides is 2. The lowest BCUT2D eigenvalue weighted by Crippen LogP contribution is -2.31. The summed E-state index contributed by atoms with van der Waals surface area (Å²) in [6.07, 6.45) is 0.286. The van der Waals surface area contributed by atoms with Gasteiger partial charge in [-0.05, 0) is 36.6 Å². The average Bonchev–Trinajstić information content (AvgIpc) is 2.39. The van der Waals surface area contributed by atoms with Crippen LogP contribution >= 0.6 is 0 Å². The fraction of sp³-hybridized carbons (Fsp3) is 0.467. The van der Waals surface area contributed by atoms with Crippen molar-refractivity contribution in [1.29, 1.82) is 0 Å². The zero-order valence-corrected chi connectivity index (χ0v) is 12.5. The molecule has 2 amide bonds. The maximum atomic E-state index is 11.9. The smallest absolute Gasteiger partial charge is 0.251 e. The van der Waals surface area contributed by atoms with Crippen LogP contribution in [0.15, 0.2) is 18.2 Å². The first-order chi connectivity index (χ1) is 9.35. The molecule has 20 heavy (non-hydrogen) atoms. The van der Waals surface area contributed by atoms with Gasteiger partial charge >= 0.3 is 0 Å². The number of carbonyl (C=O) groups excluding carboxylic acids is 2. The second kappa shape index (κ2) is 7.05. The van der Waals surface area contributed by atoms with Crippen LogP contribution in [0.4, 0.5) is 5.69 Å². The van der Waals surface area contributed by atoms with Gasteiger partial charge in [-0.25, -0.2) is 0 Å². The molecule has 0 aliphatic carbocycles. The first-order valence-corrected chi connectivity index (χ1v) is 6.73. The maximum Gasteiger partial charge on any atom is 0.251 e. The molecule has 0 heterocycles. The fourth-order valence-electron chi connectivity index (χ4n) is 1.74. The number of hydrogen-bond acceptors (Lipinski definition) is 3. The summed E-state index contributed by atoms with van der Waals surface area (Å²) in [7, 11) is 1.58. The van der Waals surface area contributed by atoms with Crippen molar-refractivity contribution in [3.8, 4) is 0 Å². The third-order valence-corrected chi connectivity index (χ3v) is 3.27. The van der Waals surface area contributed by atoms with E-state index in [2.05, 4.69) is 10.6 Å². The number of carbonyl (C=O) groups is 2. The lowest BCUT2D eigenvalue weighted by molar-refractivity contribution is -0.116. The van der Waals surface area contributed by atoms with Gasteiger partial charge in [0, 0.05) is 30.8 Å². The van der Waals surface area contributed by atoms with E-state index in [-0.39, 0.29) is 30.2 Å². The summed E-state index contributed by atoms with van der Waals surface area (Å²) in [5.41, 5.74) is 8.00. The van der Waals surface area contributed by atoms with Crippen molar-refractivity contribution in [2.75, 3.05) is 12.4 Å². The Bertz CT molecular complexity index is 498. The molecule has 0 saturated heterocycles. The largest absolute Gasteiger partial charge is 0.355 e. The van der Waals surface area contributed by atoms with Crippen LogP contribution in [0.1, 0.15) is 36.2 Å². The van der Waals surface area contributed by atoms with Gasteiger partial charge in [0.25, 0.3) is 5.91 Å². The van der Waals surface area contributed by atoms with Crippen molar-refractivity contribution in [2.24, 2.45) is 11.7 Å². The molecule has 1 aromatic rings. The number of nitrogens with one attached hydrogen (secondary N) is 2. The third kappa shape index (κ3) is 4.35. The van der Waals surface area contributed by atoms with Gasteiger partial charge in [-0.2, -0.15) is 0 Å². The van der Waals surface area contributed by atoms with E-state index in [0.717, 1.165) is 5.56 Å². The van der Waals surface area contributed by atoms with Gasteiger partial charge in [-0.1, -0.05) is 13.8 Å². The summed E-state index contributed by atoms with van der Waals surface area (Å²) < 4.78 is 0. The molecule has 0 spiro atoms. The van der Waals surface area contributed by atoms with Gasteiger partial charge in [0.1, 0.15) is 0 Å². The second-order valence-electron chi connectivity index (χ2n) is 5.27. The van der Waals surface area contributed by atoms with E-state index in [1.165, 1.54) is 0 Å². The Morgan fingerprint density at radius 2 is 1.95 bits per heavy atom. The number of nitrogens with two attached hydrogens (primary N) is 1. The highest BCUT2D eigenvalue weighted by molar-refractivity contribution is 5.96. The Balaban J connectivity index is 2.74. The predicted octanol–water partition coefficient (Wildman–Crippen LogP) is 1.67. The highest BCUT2D eigenvalue weighted by Crippen LogP contribution is 2.17. The molecular weight excluding hydrogens is 254 g/mol. The number of aryl methyl sites for hydroxylation is 1. The first-order valence-electron chi connectivity index (χ1n) is 6.73. The molecule has 0 bridgehead atoms. The summed E-state index contributed by atoms with van der Waals surface area (Å²) in [6.45, 7) is 5.83. The quantitative estimate of drug-likeness (QED) is 0.765. The number of benzene rings is 1. The topological polar surface area (TPSA) is 84.2 Å². The first kappa shape index (κ1) is 16.2. The van der Waals surface area contributed by atoms with Crippen LogP contribution < -0.4 is 16.4 Å². The summed E-state index contributed by atoms with van der Waals surface area (Å²) >= 11 is 0. The van der Waals surface area contributed by atoms with E-state index < -0.39 is 0 Å². The molecule has 0 saturated carbocycles. The zero-order valence-electron chi connectivity index (χ0n) is 12.5. The molecule has 0 aromatic heterocycles. The van der Waals surface area contributed by atoms with Crippen LogP contribution in [-0.4, -0.2) is 24.9 Å². The molecule has 1 rings (SSSR count). The molecule has 0 radical (unpaired) electrons. The minimum Gasteiger partial charge on any atom is -0.355 e. The third-order valence-electron chi connectivity index (χ3n) is 3.27. The molecule has 0 aliphatic heterocycles. The standard InChI is InChI=1S/C15H23N3O2/c1-9(2)12(16)8-14(19)18-13-6-5-11(7-10(13)3)15(20)17-4/h5-7,9,12H,8,16H2,1-4H3,(H,17,20)(H,18,19). The summed E-state index contributed by atoms with van der Waals surface area (Å²) in [4.78, 5) is 23.4. The lowest BCUT2D eigenvalue weighted by atomic mass is 10.0. The minimum absolute atomic E-state index is 0.109. The highest BCUT2D eigenvalue weighted by Gasteiger charge is 2.14. The van der Waals surface area contributed by atoms with E-state index in [9.17, 15) is 9.59 Å². The van der Waals surface area contributed by atoms with E-state index >= 15 is 0 Å². The molecular formula is C15H23N3O2. The second-order valence-corrected chi connectivity index (χ2v) is 5.27. The predicted molar refractivity (Wildman–Crippen MR) is 80.6 cm³/mol. The van der Waals surface area contributed by atoms with Gasteiger partial charge in [-0.15, -0.1) is 0 Å². The van der Waals surface area contributed by atoms with E-state index in [1.807, 2.05) is 20.8 Å². The van der Waals surface area contributed by atoms with Crippen LogP contribution in [-0.2, 0) is 4.79 Å². The number of rotatable bonds is 5. The number of anilines is 1. The average molecular weight is 277 g/mol. The Hall–Kier alpha value is -1.88. The molecule has 0 aliphatic rings. The van der Waals surface area contributed by atoms with Crippen molar-refractivity contribution < 1.29 is 9.59 Å². The maximum absolute atomic E-state index is 11.9. The Kier molecular flexibility index (Phi) is 5.70. The molecule has 5 nitrogen and oxygen atoms in total. The van der Waals surface area contributed by atoms with E-state index in [4.69, 9.17) is 5.73 Å². The molecule has 5 heteroatoms. The Morgan fingerprint density at radius 3 is 2.45 bits per heavy atom. The van der Waals surface area contributed by atoms with E-state index in [0.29, 0.717) is 11.3 Å². The molecule has 110 valence electrons. The van der Waals surface area contributed by atoms with Crippen LogP contribution in [0.3, 0.4) is 0 Å². The molecule has 1 aromatic carbocycles. The van der Waals surface area contributed by atoms with E-state index in [1.54, 1.807) is 25.2 Å². The zero-order chi connectivity index (χ0) is 15.3. The van der Waals surface area contributed by atoms with Crippen molar-refractivity contribution in [3.05, 3.63) is 29.3 Å². The van der Waals surface area contributed by atoms with Gasteiger partial charge in [0.05, 0.1) is 0 Å². The summed E-state index contributed by atoms with van der Waals surface area (Å²) in [5, 5.41) is 5.39. The molecule has 1 unspecified atom stereocenters. The van der Waals surface area contributed by atoms with Gasteiger partial charge in [0.15, 0.2) is 0 Å². The fourth-order valence-corrected chi connectivity index (χ4v) is 1.74. The lowest BCUT2D eigenvalue weighted by Gasteiger charge is -2.16. The molecule has 0 fully saturated rings. The molecule has 1 atom stereocenters. The van der Waals surface area contributed by atoms with Crippen molar-refractivity contribution >= 4 is 17.5 Å². The van der Waals surface area contributed by atoms with Crippen molar-refractivity contribution in [2.45, 2.75) is 33.2 Å². The monoisotopic (exact) mass is 277 g/mol. The van der Waals surface area contributed by atoms with Gasteiger partial charge in [-0.3, -0.25) is 9.59 Å². The SMILES string of the molecule is CNC(=O)c1ccc(NC(=O)CC(N)C(C)C)c(C)c1. The van der Waals surface area contributed by atoms with Gasteiger partial charge in [0.2, 0.25) is 5.91 Å². The van der Waals surface area contributed by atoms with Crippen molar-refractivity contribution in [1.82, 2.24) is 5.32 Å². The Labute approximate surface area is 119 Å². The summed E-state index contributed by atoms with van der Waals surface area (Å²) in [6, 6.07) is 5.01. The van der Waals surface area contributed by atoms with Crippen LogP contribution in [0.2, 0.25) is 0 Å². The highest BCUT2D eigenvalue weighted by atomic mass is 16.2. The van der Waals surface area contributed by atoms with Crippen molar-refractivity contribution in [3.63, 3.8) is 0 Å². The van der Waals surface area contributed by atoms with Crippen LogP contribution in [0.5, 0.6) is 0 Å². The van der Waals surface area contributed by atoms with Crippen LogP contribution in [0, 0.1) is 12.8 Å².